The maximum Gasteiger partial charge on any atom is 0.223 e. The maximum absolute atomic E-state index is 12.8. The molecule has 0 saturated heterocycles. The number of pyridine rings is 1. The van der Waals surface area contributed by atoms with Gasteiger partial charge in [0.1, 0.15) is 0 Å². The lowest BCUT2D eigenvalue weighted by Crippen LogP contribution is -2.39. The van der Waals surface area contributed by atoms with Crippen molar-refractivity contribution < 1.29 is 4.79 Å². The zero-order valence-corrected chi connectivity index (χ0v) is 14.6. The van der Waals surface area contributed by atoms with E-state index in [1.54, 1.807) is 0 Å². The number of nitrogens with one attached hydrogen (secondary N) is 1. The number of aromatic nitrogens is 1. The summed E-state index contributed by atoms with van der Waals surface area (Å²) in [6.45, 7) is 0.787. The summed E-state index contributed by atoms with van der Waals surface area (Å²) in [5.74, 6) is 1.58. The molecule has 4 nitrogen and oxygen atoms in total. The van der Waals surface area contributed by atoms with Gasteiger partial charge in [0.05, 0.1) is 11.7 Å². The van der Waals surface area contributed by atoms with Crippen LogP contribution in [0.4, 0.5) is 0 Å². The van der Waals surface area contributed by atoms with Gasteiger partial charge in [-0.15, -0.1) is 0 Å². The first-order valence-corrected chi connectivity index (χ1v) is 9.69. The third kappa shape index (κ3) is 4.35. The molecular formula is C20H31N3O. The van der Waals surface area contributed by atoms with E-state index < -0.39 is 0 Å². The number of rotatable bonds is 5. The Morgan fingerprint density at radius 3 is 2.50 bits per heavy atom. The van der Waals surface area contributed by atoms with E-state index in [0.717, 1.165) is 37.9 Å². The van der Waals surface area contributed by atoms with Crippen LogP contribution >= 0.6 is 0 Å². The third-order valence-electron chi connectivity index (χ3n) is 5.98. The molecule has 3 rings (SSSR count). The third-order valence-corrected chi connectivity index (χ3v) is 5.98. The summed E-state index contributed by atoms with van der Waals surface area (Å²) >= 11 is 0. The van der Waals surface area contributed by atoms with Gasteiger partial charge in [-0.05, 0) is 69.0 Å². The smallest absolute Gasteiger partial charge is 0.223 e. The number of nitrogens with two attached hydrogens (primary N) is 1. The van der Waals surface area contributed by atoms with E-state index in [-0.39, 0.29) is 17.9 Å². The van der Waals surface area contributed by atoms with E-state index in [2.05, 4.69) is 16.4 Å². The van der Waals surface area contributed by atoms with E-state index >= 15 is 0 Å². The Hall–Kier alpha value is -1.42. The predicted octanol–water partition coefficient (Wildman–Crippen LogP) is 3.58. The van der Waals surface area contributed by atoms with Gasteiger partial charge < -0.3 is 11.1 Å². The zero-order chi connectivity index (χ0) is 16.8. The molecule has 1 amide bonds. The van der Waals surface area contributed by atoms with Crippen molar-refractivity contribution in [2.45, 2.75) is 63.8 Å². The summed E-state index contributed by atoms with van der Waals surface area (Å²) in [7, 11) is 0. The maximum atomic E-state index is 12.8. The van der Waals surface area contributed by atoms with Gasteiger partial charge in [-0.2, -0.15) is 0 Å². The Bertz CT molecular complexity index is 505. The summed E-state index contributed by atoms with van der Waals surface area (Å²) in [5.41, 5.74) is 6.84. The Labute approximate surface area is 145 Å². The molecule has 0 spiro atoms. The van der Waals surface area contributed by atoms with Gasteiger partial charge in [0.25, 0.3) is 0 Å². The van der Waals surface area contributed by atoms with Crippen molar-refractivity contribution in [3.8, 4) is 0 Å². The fourth-order valence-electron chi connectivity index (χ4n) is 4.39. The monoisotopic (exact) mass is 329 g/mol. The van der Waals surface area contributed by atoms with Crippen molar-refractivity contribution in [3.63, 3.8) is 0 Å². The highest BCUT2D eigenvalue weighted by molar-refractivity contribution is 5.79. The molecule has 3 N–H and O–H groups in total. The topological polar surface area (TPSA) is 68.0 Å². The van der Waals surface area contributed by atoms with Crippen LogP contribution in [-0.4, -0.2) is 17.4 Å². The second-order valence-electron chi connectivity index (χ2n) is 7.59. The molecule has 4 heteroatoms. The lowest BCUT2D eigenvalue weighted by atomic mass is 9.77. The number of carbonyl (C=O) groups is 1. The first-order chi connectivity index (χ1) is 11.8. The minimum atomic E-state index is 0.0550. The molecule has 1 aromatic heterocycles. The van der Waals surface area contributed by atoms with Crippen molar-refractivity contribution in [1.29, 1.82) is 0 Å². The Morgan fingerprint density at radius 2 is 1.88 bits per heavy atom. The number of hydrogen-bond donors (Lipinski definition) is 2. The number of nitrogens with zero attached hydrogens (tertiary/aromatic N) is 1. The fourth-order valence-corrected chi connectivity index (χ4v) is 4.39. The van der Waals surface area contributed by atoms with Crippen molar-refractivity contribution in [2.24, 2.45) is 23.5 Å². The van der Waals surface area contributed by atoms with E-state index in [1.165, 1.54) is 32.1 Å². The van der Waals surface area contributed by atoms with Gasteiger partial charge >= 0.3 is 0 Å². The average molecular weight is 329 g/mol. The highest BCUT2D eigenvalue weighted by atomic mass is 16.1. The summed E-state index contributed by atoms with van der Waals surface area (Å²) in [6.07, 6.45) is 12.2. The Morgan fingerprint density at radius 1 is 1.12 bits per heavy atom. The summed E-state index contributed by atoms with van der Waals surface area (Å²) in [5, 5.41) is 3.37. The van der Waals surface area contributed by atoms with Crippen LogP contribution in [0.3, 0.4) is 0 Å². The number of amides is 1. The quantitative estimate of drug-likeness (QED) is 0.867. The van der Waals surface area contributed by atoms with E-state index in [4.69, 9.17) is 5.73 Å². The lowest BCUT2D eigenvalue weighted by molar-refractivity contribution is -0.127. The van der Waals surface area contributed by atoms with Crippen LogP contribution in [0.25, 0.3) is 0 Å². The van der Waals surface area contributed by atoms with Crippen molar-refractivity contribution in [1.82, 2.24) is 10.3 Å². The predicted molar refractivity (Wildman–Crippen MR) is 96.2 cm³/mol. The Kier molecular flexibility index (Phi) is 6.24. The molecule has 0 aliphatic heterocycles. The molecule has 1 aromatic rings. The summed E-state index contributed by atoms with van der Waals surface area (Å²) in [4.78, 5) is 17.3. The van der Waals surface area contributed by atoms with Crippen LogP contribution in [0.2, 0.25) is 0 Å². The van der Waals surface area contributed by atoms with Gasteiger partial charge in [0.2, 0.25) is 5.91 Å². The number of hydrogen-bond acceptors (Lipinski definition) is 3. The molecule has 0 radical (unpaired) electrons. The van der Waals surface area contributed by atoms with E-state index in [1.807, 2.05) is 18.3 Å². The lowest BCUT2D eigenvalue weighted by Gasteiger charge is -2.34. The van der Waals surface area contributed by atoms with Crippen molar-refractivity contribution in [2.75, 3.05) is 6.54 Å². The molecule has 2 aliphatic rings. The highest BCUT2D eigenvalue weighted by Gasteiger charge is 2.32. The molecule has 132 valence electrons. The second kappa shape index (κ2) is 8.61. The van der Waals surface area contributed by atoms with Gasteiger partial charge in [-0.1, -0.05) is 25.3 Å². The highest BCUT2D eigenvalue weighted by Crippen LogP contribution is 2.36. The largest absolute Gasteiger partial charge is 0.347 e. The van der Waals surface area contributed by atoms with Crippen LogP contribution in [-0.2, 0) is 4.79 Å². The molecule has 0 unspecified atom stereocenters. The average Bonchev–Trinajstić information content (AvgIpc) is 2.67. The fraction of sp³-hybridized carbons (Fsp3) is 0.700. The van der Waals surface area contributed by atoms with Gasteiger partial charge in [-0.3, -0.25) is 9.78 Å². The number of carbonyl (C=O) groups excluding carboxylic acids is 1. The molecular weight excluding hydrogens is 298 g/mol. The van der Waals surface area contributed by atoms with Crippen LogP contribution in [0, 0.1) is 17.8 Å². The first-order valence-electron chi connectivity index (χ1n) is 9.69. The zero-order valence-electron chi connectivity index (χ0n) is 14.6. The van der Waals surface area contributed by atoms with E-state index in [9.17, 15) is 4.79 Å². The SMILES string of the molecule is NCC1CCC([C@@H](NC(=O)C2CCCCC2)c2ccccn2)CC1. The molecule has 24 heavy (non-hydrogen) atoms. The van der Waals surface area contributed by atoms with Gasteiger partial charge in [0.15, 0.2) is 0 Å². The molecule has 2 fully saturated rings. The van der Waals surface area contributed by atoms with Crippen LogP contribution in [0.1, 0.15) is 69.5 Å². The van der Waals surface area contributed by atoms with E-state index in [0.29, 0.717) is 11.8 Å². The first kappa shape index (κ1) is 17.4. The second-order valence-corrected chi connectivity index (χ2v) is 7.59. The van der Waals surface area contributed by atoms with Gasteiger partial charge in [0, 0.05) is 12.1 Å². The molecule has 2 aliphatic carbocycles. The summed E-state index contributed by atoms with van der Waals surface area (Å²) < 4.78 is 0. The summed E-state index contributed by atoms with van der Waals surface area (Å²) in [6, 6.07) is 6.07. The van der Waals surface area contributed by atoms with Crippen molar-refractivity contribution >= 4 is 5.91 Å². The minimum Gasteiger partial charge on any atom is -0.347 e. The normalized spacial score (nSPS) is 26.7. The van der Waals surface area contributed by atoms with Crippen LogP contribution in [0.5, 0.6) is 0 Å². The molecule has 1 atom stereocenters. The standard InChI is InChI=1S/C20H31N3O/c21-14-15-9-11-16(12-10-15)19(18-8-4-5-13-22-18)23-20(24)17-6-2-1-3-7-17/h4-5,8,13,15-17,19H,1-3,6-7,9-12,14,21H2,(H,23,24)/t15?,16?,19-/m1/s1. The molecule has 1 heterocycles. The van der Waals surface area contributed by atoms with Crippen LogP contribution in [0.15, 0.2) is 24.4 Å². The Balaban J connectivity index is 1.69. The molecule has 0 bridgehead atoms. The molecule has 2 saturated carbocycles. The van der Waals surface area contributed by atoms with Crippen LogP contribution < -0.4 is 11.1 Å². The van der Waals surface area contributed by atoms with Gasteiger partial charge in [-0.25, -0.2) is 0 Å². The minimum absolute atomic E-state index is 0.0550. The van der Waals surface area contributed by atoms with Crippen molar-refractivity contribution in [3.05, 3.63) is 30.1 Å². The molecule has 0 aromatic carbocycles.